The van der Waals surface area contributed by atoms with Crippen LogP contribution in [0.25, 0.3) is 0 Å². The molecule has 1 aliphatic carbocycles. The Bertz CT molecular complexity index is 477. The standard InChI is InChI=1S/C18H31N3O4/c1-3-6-18(7-4-5-8-18)14-19-17(24)21-9-10-25-15(12-21)11-20(2)13-16(22)23/h3,15H,1,4-14H2,2H3,(H,19,24)(H,22,23). The summed E-state index contributed by atoms with van der Waals surface area (Å²) in [6.45, 7) is 6.56. The van der Waals surface area contributed by atoms with Crippen LogP contribution < -0.4 is 5.32 Å². The van der Waals surface area contributed by atoms with Gasteiger partial charge in [0.15, 0.2) is 0 Å². The van der Waals surface area contributed by atoms with Crippen molar-refractivity contribution in [2.45, 2.75) is 38.2 Å². The number of likely N-dealkylation sites (N-methyl/N-ethyl adjacent to an activating group) is 1. The number of aliphatic carboxylic acids is 1. The van der Waals surface area contributed by atoms with E-state index in [9.17, 15) is 9.59 Å². The van der Waals surface area contributed by atoms with Gasteiger partial charge in [-0.1, -0.05) is 18.9 Å². The molecule has 2 rings (SSSR count). The van der Waals surface area contributed by atoms with Gasteiger partial charge in [-0.2, -0.15) is 0 Å². The number of amides is 2. The zero-order chi connectivity index (χ0) is 18.3. The van der Waals surface area contributed by atoms with Gasteiger partial charge in [-0.05, 0) is 31.7 Å². The van der Waals surface area contributed by atoms with E-state index in [-0.39, 0.29) is 24.1 Å². The second-order valence-corrected chi connectivity index (χ2v) is 7.39. The fourth-order valence-corrected chi connectivity index (χ4v) is 3.92. The van der Waals surface area contributed by atoms with Crippen molar-refractivity contribution in [1.29, 1.82) is 0 Å². The fourth-order valence-electron chi connectivity index (χ4n) is 3.92. The number of carbonyl (C=O) groups excluding carboxylic acids is 1. The van der Waals surface area contributed by atoms with Crippen molar-refractivity contribution in [2.75, 3.05) is 46.4 Å². The lowest BCUT2D eigenvalue weighted by Gasteiger charge is -2.36. The number of carbonyl (C=O) groups is 2. The van der Waals surface area contributed by atoms with E-state index in [4.69, 9.17) is 9.84 Å². The average molecular weight is 353 g/mol. The van der Waals surface area contributed by atoms with E-state index in [1.54, 1.807) is 16.8 Å². The summed E-state index contributed by atoms with van der Waals surface area (Å²) in [5.41, 5.74) is 0.171. The maximum atomic E-state index is 12.5. The maximum Gasteiger partial charge on any atom is 0.317 e. The first kappa shape index (κ1) is 19.7. The molecule has 7 nitrogen and oxygen atoms in total. The van der Waals surface area contributed by atoms with Crippen molar-refractivity contribution >= 4 is 12.0 Å². The Balaban J connectivity index is 1.80. The predicted molar refractivity (Wildman–Crippen MR) is 95.6 cm³/mol. The third-order valence-electron chi connectivity index (χ3n) is 5.20. The second kappa shape index (κ2) is 9.20. The molecule has 2 aliphatic rings. The van der Waals surface area contributed by atoms with Crippen molar-refractivity contribution in [3.8, 4) is 0 Å². The number of rotatable bonds is 8. The van der Waals surface area contributed by atoms with Crippen LogP contribution in [-0.2, 0) is 9.53 Å². The first-order chi connectivity index (χ1) is 11.9. The molecule has 2 fully saturated rings. The molecule has 25 heavy (non-hydrogen) atoms. The van der Waals surface area contributed by atoms with Gasteiger partial charge in [0, 0.05) is 26.2 Å². The molecule has 1 atom stereocenters. The molecule has 2 N–H and O–H groups in total. The monoisotopic (exact) mass is 353 g/mol. The molecular weight excluding hydrogens is 322 g/mol. The topological polar surface area (TPSA) is 82.1 Å². The molecule has 0 radical (unpaired) electrons. The SMILES string of the molecule is C=CCC1(CNC(=O)N2CCOC(CN(C)CC(=O)O)C2)CCCC1. The number of nitrogens with zero attached hydrogens (tertiary/aromatic N) is 2. The van der Waals surface area contributed by atoms with Crippen molar-refractivity contribution in [3.63, 3.8) is 0 Å². The van der Waals surface area contributed by atoms with E-state index in [0.717, 1.165) is 19.3 Å². The molecule has 142 valence electrons. The van der Waals surface area contributed by atoms with E-state index >= 15 is 0 Å². The smallest absolute Gasteiger partial charge is 0.317 e. The Morgan fingerprint density at radius 1 is 1.44 bits per heavy atom. The molecule has 0 bridgehead atoms. The molecule has 0 aromatic heterocycles. The molecule has 0 aromatic carbocycles. The maximum absolute atomic E-state index is 12.5. The van der Waals surface area contributed by atoms with Crippen molar-refractivity contribution in [2.24, 2.45) is 5.41 Å². The number of ether oxygens (including phenoxy) is 1. The van der Waals surface area contributed by atoms with Gasteiger partial charge in [-0.25, -0.2) is 4.79 Å². The molecule has 2 amide bonds. The van der Waals surface area contributed by atoms with Gasteiger partial charge >= 0.3 is 12.0 Å². The molecule has 1 aliphatic heterocycles. The van der Waals surface area contributed by atoms with Gasteiger partial charge < -0.3 is 20.1 Å². The number of allylic oxidation sites excluding steroid dienone is 1. The molecule has 1 saturated heterocycles. The van der Waals surface area contributed by atoms with Gasteiger partial charge in [0.1, 0.15) is 0 Å². The first-order valence-corrected chi connectivity index (χ1v) is 9.10. The minimum absolute atomic E-state index is 0.0316. The summed E-state index contributed by atoms with van der Waals surface area (Å²) in [6.07, 6.45) is 7.48. The molecule has 1 unspecified atom stereocenters. The van der Waals surface area contributed by atoms with Crippen LogP contribution in [-0.4, -0.2) is 79.4 Å². The van der Waals surface area contributed by atoms with E-state index in [2.05, 4.69) is 11.9 Å². The van der Waals surface area contributed by atoms with Crippen LogP contribution in [0.4, 0.5) is 4.79 Å². The van der Waals surface area contributed by atoms with E-state index < -0.39 is 5.97 Å². The van der Waals surface area contributed by atoms with Crippen LogP contribution in [0.3, 0.4) is 0 Å². The van der Waals surface area contributed by atoms with Gasteiger partial charge in [0.25, 0.3) is 0 Å². The van der Waals surface area contributed by atoms with Crippen LogP contribution in [0, 0.1) is 5.41 Å². The first-order valence-electron chi connectivity index (χ1n) is 9.10. The summed E-state index contributed by atoms with van der Waals surface area (Å²) in [6, 6.07) is -0.0514. The largest absolute Gasteiger partial charge is 0.480 e. The van der Waals surface area contributed by atoms with Crippen LogP contribution in [0.2, 0.25) is 0 Å². The molecule has 7 heteroatoms. The summed E-state index contributed by atoms with van der Waals surface area (Å²) >= 11 is 0. The summed E-state index contributed by atoms with van der Waals surface area (Å²) in [5.74, 6) is -0.864. The number of carboxylic acid groups (broad SMARTS) is 1. The van der Waals surface area contributed by atoms with Crippen molar-refractivity contribution in [1.82, 2.24) is 15.1 Å². The van der Waals surface area contributed by atoms with Gasteiger partial charge in [0.05, 0.1) is 19.3 Å². The lowest BCUT2D eigenvalue weighted by atomic mass is 9.83. The quantitative estimate of drug-likeness (QED) is 0.647. The molecular formula is C18H31N3O4. The van der Waals surface area contributed by atoms with Crippen LogP contribution in [0.15, 0.2) is 12.7 Å². The van der Waals surface area contributed by atoms with Crippen LogP contribution in [0.1, 0.15) is 32.1 Å². The van der Waals surface area contributed by atoms with Crippen LogP contribution in [0.5, 0.6) is 0 Å². The van der Waals surface area contributed by atoms with Gasteiger partial charge in [-0.15, -0.1) is 6.58 Å². The van der Waals surface area contributed by atoms with Gasteiger partial charge in [0.2, 0.25) is 0 Å². The molecule has 1 saturated carbocycles. The number of morpholine rings is 1. The Morgan fingerprint density at radius 3 is 2.80 bits per heavy atom. The Morgan fingerprint density at radius 2 is 2.16 bits per heavy atom. The summed E-state index contributed by atoms with van der Waals surface area (Å²) in [7, 11) is 1.75. The molecule has 0 spiro atoms. The average Bonchev–Trinajstić information content (AvgIpc) is 3.01. The predicted octanol–water partition coefficient (Wildman–Crippen LogP) is 1.55. The number of hydrogen-bond acceptors (Lipinski definition) is 4. The second-order valence-electron chi connectivity index (χ2n) is 7.39. The highest BCUT2D eigenvalue weighted by atomic mass is 16.5. The lowest BCUT2D eigenvalue weighted by molar-refractivity contribution is -0.138. The van der Waals surface area contributed by atoms with Crippen molar-refractivity contribution in [3.05, 3.63) is 12.7 Å². The molecule has 0 aromatic rings. The van der Waals surface area contributed by atoms with Gasteiger partial charge in [-0.3, -0.25) is 9.69 Å². The highest BCUT2D eigenvalue weighted by Gasteiger charge is 2.34. The third-order valence-corrected chi connectivity index (χ3v) is 5.20. The number of hydrogen-bond donors (Lipinski definition) is 2. The van der Waals surface area contributed by atoms with Crippen molar-refractivity contribution < 1.29 is 19.4 Å². The Labute approximate surface area is 150 Å². The number of urea groups is 1. The Kier molecular flexibility index (Phi) is 7.25. The summed E-state index contributed by atoms with van der Waals surface area (Å²) < 4.78 is 5.68. The number of carboxylic acids is 1. The van der Waals surface area contributed by atoms with E-state index in [1.165, 1.54) is 12.8 Å². The van der Waals surface area contributed by atoms with E-state index in [1.807, 2.05) is 6.08 Å². The normalized spacial score (nSPS) is 22.8. The fraction of sp³-hybridized carbons (Fsp3) is 0.778. The lowest BCUT2D eigenvalue weighted by Crippen LogP contribution is -2.53. The molecule has 1 heterocycles. The highest BCUT2D eigenvalue weighted by molar-refractivity contribution is 5.74. The van der Waals surface area contributed by atoms with E-state index in [0.29, 0.717) is 32.8 Å². The zero-order valence-corrected chi connectivity index (χ0v) is 15.2. The Hall–Kier alpha value is -1.60. The summed E-state index contributed by atoms with van der Waals surface area (Å²) in [4.78, 5) is 26.8. The minimum Gasteiger partial charge on any atom is -0.480 e. The highest BCUT2D eigenvalue weighted by Crippen LogP contribution is 2.40. The minimum atomic E-state index is -0.864. The van der Waals surface area contributed by atoms with Crippen LogP contribution >= 0.6 is 0 Å². The number of nitrogens with one attached hydrogen (secondary N) is 1. The summed E-state index contributed by atoms with van der Waals surface area (Å²) in [5, 5.41) is 11.9. The third kappa shape index (κ3) is 6.01. The zero-order valence-electron chi connectivity index (χ0n) is 15.2.